The van der Waals surface area contributed by atoms with E-state index in [1.54, 1.807) is 0 Å². The van der Waals surface area contributed by atoms with Crippen LogP contribution in [0.3, 0.4) is 0 Å². The molecule has 14 heavy (non-hydrogen) atoms. The van der Waals surface area contributed by atoms with Gasteiger partial charge in [-0.25, -0.2) is 0 Å². The first-order valence-electron chi connectivity index (χ1n) is 5.63. The quantitative estimate of drug-likeness (QED) is 0.717. The summed E-state index contributed by atoms with van der Waals surface area (Å²) < 4.78 is 5.33. The van der Waals surface area contributed by atoms with Crippen molar-refractivity contribution < 1.29 is 9.84 Å². The van der Waals surface area contributed by atoms with Crippen LogP contribution in [0.5, 0.6) is 0 Å². The van der Waals surface area contributed by atoms with Crippen LogP contribution in [0.25, 0.3) is 0 Å². The standard InChI is InChI=1S/C11H23NO2/c1-8(10(3)13)12-9(2)11-4-6-14-7-5-11/h8-13H,4-7H2,1-3H3. The Labute approximate surface area is 86.8 Å². The monoisotopic (exact) mass is 201 g/mol. The lowest BCUT2D eigenvalue weighted by molar-refractivity contribution is 0.0504. The van der Waals surface area contributed by atoms with Gasteiger partial charge in [0.05, 0.1) is 6.10 Å². The van der Waals surface area contributed by atoms with Crippen molar-refractivity contribution in [2.75, 3.05) is 13.2 Å². The lowest BCUT2D eigenvalue weighted by Crippen LogP contribution is -2.45. The summed E-state index contributed by atoms with van der Waals surface area (Å²) in [5.74, 6) is 0.699. The molecule has 0 amide bonds. The first-order chi connectivity index (χ1) is 6.61. The topological polar surface area (TPSA) is 41.5 Å². The van der Waals surface area contributed by atoms with Gasteiger partial charge in [0, 0.05) is 25.3 Å². The van der Waals surface area contributed by atoms with Crippen molar-refractivity contribution in [2.45, 2.75) is 51.8 Å². The second kappa shape index (κ2) is 5.69. The summed E-state index contributed by atoms with van der Waals surface area (Å²) in [4.78, 5) is 0. The van der Waals surface area contributed by atoms with Crippen LogP contribution in [-0.4, -0.2) is 36.5 Å². The van der Waals surface area contributed by atoms with Crippen LogP contribution in [0.4, 0.5) is 0 Å². The summed E-state index contributed by atoms with van der Waals surface area (Å²) in [7, 11) is 0. The Hall–Kier alpha value is -0.120. The van der Waals surface area contributed by atoms with E-state index in [2.05, 4.69) is 12.2 Å². The predicted octanol–water partition coefficient (Wildman–Crippen LogP) is 1.16. The van der Waals surface area contributed by atoms with E-state index >= 15 is 0 Å². The smallest absolute Gasteiger partial charge is 0.0662 e. The van der Waals surface area contributed by atoms with Gasteiger partial charge >= 0.3 is 0 Å². The molecule has 1 aliphatic rings. The summed E-state index contributed by atoms with van der Waals surface area (Å²) >= 11 is 0. The fourth-order valence-corrected chi connectivity index (χ4v) is 1.91. The Balaban J connectivity index is 2.28. The van der Waals surface area contributed by atoms with Crippen molar-refractivity contribution in [3.63, 3.8) is 0 Å². The number of ether oxygens (including phenoxy) is 1. The van der Waals surface area contributed by atoms with Crippen LogP contribution in [0.2, 0.25) is 0 Å². The fraction of sp³-hybridized carbons (Fsp3) is 1.00. The Morgan fingerprint density at radius 2 is 1.79 bits per heavy atom. The van der Waals surface area contributed by atoms with Crippen LogP contribution >= 0.6 is 0 Å². The van der Waals surface area contributed by atoms with Crippen LogP contribution < -0.4 is 5.32 Å². The highest BCUT2D eigenvalue weighted by molar-refractivity contribution is 4.78. The number of nitrogens with one attached hydrogen (secondary N) is 1. The van der Waals surface area contributed by atoms with Gasteiger partial charge in [-0.1, -0.05) is 0 Å². The molecule has 0 aliphatic carbocycles. The van der Waals surface area contributed by atoms with E-state index in [-0.39, 0.29) is 12.1 Å². The molecule has 0 bridgehead atoms. The SMILES string of the molecule is CC(O)C(C)NC(C)C1CCOCC1. The molecule has 3 nitrogen and oxygen atoms in total. The maximum absolute atomic E-state index is 9.38. The molecule has 0 spiro atoms. The van der Waals surface area contributed by atoms with Gasteiger partial charge < -0.3 is 15.2 Å². The largest absolute Gasteiger partial charge is 0.392 e. The highest BCUT2D eigenvalue weighted by Crippen LogP contribution is 2.18. The van der Waals surface area contributed by atoms with E-state index < -0.39 is 0 Å². The first-order valence-corrected chi connectivity index (χ1v) is 5.63. The molecule has 1 aliphatic heterocycles. The normalized spacial score (nSPS) is 25.7. The third kappa shape index (κ3) is 3.56. The van der Waals surface area contributed by atoms with Gasteiger partial charge in [0.15, 0.2) is 0 Å². The third-order valence-electron chi connectivity index (χ3n) is 3.22. The molecule has 0 aromatic rings. The zero-order valence-corrected chi connectivity index (χ0v) is 9.49. The van der Waals surface area contributed by atoms with Gasteiger partial charge in [0.1, 0.15) is 0 Å². The second-order valence-corrected chi connectivity index (χ2v) is 4.43. The van der Waals surface area contributed by atoms with Gasteiger partial charge in [0.2, 0.25) is 0 Å². The van der Waals surface area contributed by atoms with Gasteiger partial charge in [-0.15, -0.1) is 0 Å². The molecule has 1 heterocycles. The van der Waals surface area contributed by atoms with E-state index in [4.69, 9.17) is 4.74 Å². The summed E-state index contributed by atoms with van der Waals surface area (Å²) in [6, 6.07) is 0.649. The average Bonchev–Trinajstić information content (AvgIpc) is 2.19. The molecule has 0 aromatic carbocycles. The van der Waals surface area contributed by atoms with E-state index in [0.717, 1.165) is 26.1 Å². The van der Waals surface area contributed by atoms with E-state index in [1.165, 1.54) is 0 Å². The van der Waals surface area contributed by atoms with Crippen LogP contribution in [0, 0.1) is 5.92 Å². The Morgan fingerprint density at radius 3 is 2.29 bits per heavy atom. The van der Waals surface area contributed by atoms with E-state index in [1.807, 2.05) is 13.8 Å². The number of hydrogen-bond donors (Lipinski definition) is 2. The Morgan fingerprint density at radius 1 is 1.21 bits per heavy atom. The van der Waals surface area contributed by atoms with Gasteiger partial charge in [0.25, 0.3) is 0 Å². The maximum atomic E-state index is 9.38. The highest BCUT2D eigenvalue weighted by Gasteiger charge is 2.22. The van der Waals surface area contributed by atoms with E-state index in [0.29, 0.717) is 12.0 Å². The molecular weight excluding hydrogens is 178 g/mol. The van der Waals surface area contributed by atoms with Crippen molar-refractivity contribution in [1.29, 1.82) is 0 Å². The molecule has 1 rings (SSSR count). The third-order valence-corrected chi connectivity index (χ3v) is 3.22. The molecule has 84 valence electrons. The molecule has 2 N–H and O–H groups in total. The van der Waals surface area contributed by atoms with Gasteiger partial charge in [-0.05, 0) is 39.5 Å². The zero-order valence-electron chi connectivity index (χ0n) is 9.49. The molecule has 0 radical (unpaired) electrons. The van der Waals surface area contributed by atoms with Crippen molar-refractivity contribution in [2.24, 2.45) is 5.92 Å². The Kier molecular flexibility index (Phi) is 4.85. The summed E-state index contributed by atoms with van der Waals surface area (Å²) in [6.07, 6.45) is 2.00. The van der Waals surface area contributed by atoms with Crippen molar-refractivity contribution >= 4 is 0 Å². The lowest BCUT2D eigenvalue weighted by atomic mass is 9.92. The minimum Gasteiger partial charge on any atom is -0.392 e. The molecule has 0 saturated carbocycles. The second-order valence-electron chi connectivity index (χ2n) is 4.43. The molecule has 1 saturated heterocycles. The van der Waals surface area contributed by atoms with Crippen LogP contribution in [0.1, 0.15) is 33.6 Å². The van der Waals surface area contributed by atoms with Crippen LogP contribution in [-0.2, 0) is 4.74 Å². The zero-order chi connectivity index (χ0) is 10.6. The highest BCUT2D eigenvalue weighted by atomic mass is 16.5. The number of aliphatic hydroxyl groups excluding tert-OH is 1. The molecular formula is C11H23NO2. The summed E-state index contributed by atoms with van der Waals surface area (Å²) in [5, 5.41) is 12.8. The van der Waals surface area contributed by atoms with Gasteiger partial charge in [-0.3, -0.25) is 0 Å². The molecule has 0 aromatic heterocycles. The maximum Gasteiger partial charge on any atom is 0.0662 e. The summed E-state index contributed by atoms with van der Waals surface area (Å²) in [5.41, 5.74) is 0. The summed E-state index contributed by atoms with van der Waals surface area (Å²) in [6.45, 7) is 7.84. The van der Waals surface area contributed by atoms with Crippen molar-refractivity contribution in [1.82, 2.24) is 5.32 Å². The number of rotatable bonds is 4. The average molecular weight is 201 g/mol. The van der Waals surface area contributed by atoms with E-state index in [9.17, 15) is 5.11 Å². The van der Waals surface area contributed by atoms with Crippen molar-refractivity contribution in [3.05, 3.63) is 0 Å². The van der Waals surface area contributed by atoms with Crippen LogP contribution in [0.15, 0.2) is 0 Å². The minimum absolute atomic E-state index is 0.174. The predicted molar refractivity (Wildman–Crippen MR) is 57.3 cm³/mol. The molecule has 3 heteroatoms. The van der Waals surface area contributed by atoms with Crippen molar-refractivity contribution in [3.8, 4) is 0 Å². The fourth-order valence-electron chi connectivity index (χ4n) is 1.91. The molecule has 3 atom stereocenters. The Bertz CT molecular complexity index is 155. The van der Waals surface area contributed by atoms with Gasteiger partial charge in [-0.2, -0.15) is 0 Å². The first kappa shape index (κ1) is 12.0. The molecule has 3 unspecified atom stereocenters. The number of aliphatic hydroxyl groups is 1. The number of hydrogen-bond acceptors (Lipinski definition) is 3. The lowest BCUT2D eigenvalue weighted by Gasteiger charge is -2.31. The molecule has 1 fully saturated rings. The minimum atomic E-state index is -0.280.